The first kappa shape index (κ1) is 18.2. The molecule has 6 N–H and O–H groups in total. The Balaban J connectivity index is 4.10. The van der Waals surface area contributed by atoms with Crippen LogP contribution in [-0.4, -0.2) is 94.5 Å². The number of hydrogen-bond acceptors (Lipinski definition) is 7. The summed E-state index contributed by atoms with van der Waals surface area (Å²) in [5.41, 5.74) is 0. The summed E-state index contributed by atoms with van der Waals surface area (Å²) in [5, 5.41) is 48.4. The van der Waals surface area contributed by atoms with E-state index in [4.69, 9.17) is 10.2 Å². The van der Waals surface area contributed by atoms with Gasteiger partial charge >= 0.3 is 0 Å². The maximum absolute atomic E-state index is 11.5. The van der Waals surface area contributed by atoms with Crippen LogP contribution >= 0.6 is 0 Å². The van der Waals surface area contributed by atoms with E-state index in [0.717, 1.165) is 6.54 Å². The van der Waals surface area contributed by atoms with Crippen molar-refractivity contribution in [3.63, 3.8) is 0 Å². The van der Waals surface area contributed by atoms with Crippen LogP contribution in [0.5, 0.6) is 0 Å². The van der Waals surface area contributed by atoms with Crippen LogP contribution in [0.1, 0.15) is 6.42 Å². The molecule has 8 nitrogen and oxygen atoms in total. The molecule has 0 heterocycles. The number of nitrogens with one attached hydrogen (secondary N) is 1. The zero-order valence-corrected chi connectivity index (χ0v) is 11.2. The van der Waals surface area contributed by atoms with Gasteiger partial charge in [0.1, 0.15) is 18.3 Å². The lowest BCUT2D eigenvalue weighted by atomic mass is 10.0. The van der Waals surface area contributed by atoms with E-state index < -0.39 is 36.9 Å². The van der Waals surface area contributed by atoms with Gasteiger partial charge in [-0.05, 0) is 27.1 Å². The molecule has 0 unspecified atom stereocenters. The van der Waals surface area contributed by atoms with Gasteiger partial charge in [0.05, 0.1) is 6.61 Å². The first-order chi connectivity index (χ1) is 8.81. The molecule has 1 amide bonds. The second-order valence-corrected chi connectivity index (χ2v) is 4.62. The number of aliphatic hydroxyl groups excluding tert-OH is 5. The summed E-state index contributed by atoms with van der Waals surface area (Å²) in [4.78, 5) is 13.4. The Bertz CT molecular complexity index is 264. The van der Waals surface area contributed by atoms with Crippen molar-refractivity contribution in [2.45, 2.75) is 30.8 Å². The third-order valence-corrected chi connectivity index (χ3v) is 2.60. The van der Waals surface area contributed by atoms with Crippen molar-refractivity contribution in [2.24, 2.45) is 0 Å². The number of aliphatic hydroxyl groups is 5. The van der Waals surface area contributed by atoms with Gasteiger partial charge in [-0.1, -0.05) is 0 Å². The van der Waals surface area contributed by atoms with Gasteiger partial charge in [-0.3, -0.25) is 4.79 Å². The third kappa shape index (κ3) is 6.81. The Morgan fingerprint density at radius 3 is 2.21 bits per heavy atom. The molecule has 0 aliphatic rings. The molecule has 19 heavy (non-hydrogen) atoms. The molecule has 0 saturated carbocycles. The predicted octanol–water partition coefficient (Wildman–Crippen LogP) is -3.51. The fraction of sp³-hybridized carbons (Fsp3) is 0.909. The zero-order chi connectivity index (χ0) is 15.0. The molecule has 0 aromatic rings. The molecule has 0 radical (unpaired) electrons. The molecule has 0 aliphatic carbocycles. The Morgan fingerprint density at radius 1 is 1.16 bits per heavy atom. The summed E-state index contributed by atoms with van der Waals surface area (Å²) >= 11 is 0. The Kier molecular flexibility index (Phi) is 8.81. The van der Waals surface area contributed by atoms with Crippen molar-refractivity contribution in [3.05, 3.63) is 0 Å². The summed E-state index contributed by atoms with van der Waals surface area (Å²) < 4.78 is 0. The highest BCUT2D eigenvalue weighted by atomic mass is 16.4. The zero-order valence-electron chi connectivity index (χ0n) is 11.2. The van der Waals surface area contributed by atoms with Crippen molar-refractivity contribution in [3.8, 4) is 0 Å². The molecule has 114 valence electrons. The van der Waals surface area contributed by atoms with Crippen LogP contribution in [0, 0.1) is 0 Å². The number of amides is 1. The Morgan fingerprint density at radius 2 is 1.74 bits per heavy atom. The lowest BCUT2D eigenvalue weighted by molar-refractivity contribution is -0.148. The largest absolute Gasteiger partial charge is 0.394 e. The third-order valence-electron chi connectivity index (χ3n) is 2.60. The molecule has 0 saturated heterocycles. The van der Waals surface area contributed by atoms with E-state index in [1.807, 2.05) is 19.0 Å². The highest BCUT2D eigenvalue weighted by molar-refractivity contribution is 5.81. The number of hydrogen-bond donors (Lipinski definition) is 6. The predicted molar refractivity (Wildman–Crippen MR) is 67.3 cm³/mol. The van der Waals surface area contributed by atoms with Gasteiger partial charge < -0.3 is 35.7 Å². The number of carbonyl (C=O) groups is 1. The first-order valence-electron chi connectivity index (χ1n) is 6.06. The summed E-state index contributed by atoms with van der Waals surface area (Å²) in [6, 6.07) is 0. The van der Waals surface area contributed by atoms with E-state index in [1.165, 1.54) is 0 Å². The van der Waals surface area contributed by atoms with Gasteiger partial charge in [0.2, 0.25) is 0 Å². The van der Waals surface area contributed by atoms with E-state index in [0.29, 0.717) is 13.0 Å². The Labute approximate surface area is 112 Å². The SMILES string of the molecule is CN(C)CCCNC(=O)[C@H](O)[C@@H](O)[C@H](O)[C@H](O)CO. The smallest absolute Gasteiger partial charge is 0.251 e. The molecule has 0 spiro atoms. The van der Waals surface area contributed by atoms with Crippen LogP contribution in [-0.2, 0) is 4.79 Å². The lowest BCUT2D eigenvalue weighted by Crippen LogP contribution is -2.51. The summed E-state index contributed by atoms with van der Waals surface area (Å²) in [5.74, 6) is -0.838. The van der Waals surface area contributed by atoms with Crippen molar-refractivity contribution >= 4 is 5.91 Å². The summed E-state index contributed by atoms with van der Waals surface area (Å²) in [7, 11) is 3.76. The minimum atomic E-state index is -1.87. The fourth-order valence-electron chi connectivity index (χ4n) is 1.39. The van der Waals surface area contributed by atoms with Gasteiger partial charge in [0.25, 0.3) is 5.91 Å². The summed E-state index contributed by atoms with van der Waals surface area (Å²) in [6.45, 7) is 0.291. The maximum atomic E-state index is 11.5. The molecule has 0 aromatic carbocycles. The standard InChI is InChI=1S/C11H24N2O6/c1-13(2)5-3-4-12-11(19)10(18)9(17)8(16)7(15)6-14/h7-10,14-18H,3-6H2,1-2H3,(H,12,19)/t7-,8-,9+,10-/m1/s1. The average molecular weight is 280 g/mol. The first-order valence-corrected chi connectivity index (χ1v) is 6.06. The highest BCUT2D eigenvalue weighted by Gasteiger charge is 2.33. The van der Waals surface area contributed by atoms with Crippen molar-refractivity contribution in [1.29, 1.82) is 0 Å². The number of nitrogens with zero attached hydrogens (tertiary/aromatic N) is 1. The van der Waals surface area contributed by atoms with Gasteiger partial charge in [-0.2, -0.15) is 0 Å². The molecule has 0 bridgehead atoms. The van der Waals surface area contributed by atoms with E-state index in [1.54, 1.807) is 0 Å². The van der Waals surface area contributed by atoms with Gasteiger partial charge in [-0.25, -0.2) is 0 Å². The van der Waals surface area contributed by atoms with Crippen LogP contribution in [0.2, 0.25) is 0 Å². The van der Waals surface area contributed by atoms with Gasteiger partial charge in [-0.15, -0.1) is 0 Å². The van der Waals surface area contributed by atoms with Crippen molar-refractivity contribution in [2.75, 3.05) is 33.8 Å². The molecule has 0 rings (SSSR count). The molecular weight excluding hydrogens is 256 g/mol. The minimum Gasteiger partial charge on any atom is -0.394 e. The molecule has 0 aliphatic heterocycles. The summed E-state index contributed by atoms with van der Waals surface area (Å²) in [6.07, 6.45) is -6.48. The minimum absolute atomic E-state index is 0.319. The topological polar surface area (TPSA) is 133 Å². The van der Waals surface area contributed by atoms with Crippen molar-refractivity contribution in [1.82, 2.24) is 10.2 Å². The van der Waals surface area contributed by atoms with Crippen LogP contribution in [0.3, 0.4) is 0 Å². The monoisotopic (exact) mass is 280 g/mol. The van der Waals surface area contributed by atoms with E-state index >= 15 is 0 Å². The number of rotatable bonds is 9. The molecule has 0 aromatic heterocycles. The molecular formula is C11H24N2O6. The van der Waals surface area contributed by atoms with E-state index in [-0.39, 0.29) is 0 Å². The van der Waals surface area contributed by atoms with Crippen LogP contribution in [0.4, 0.5) is 0 Å². The van der Waals surface area contributed by atoms with Crippen LogP contribution < -0.4 is 5.32 Å². The second kappa shape index (κ2) is 9.18. The van der Waals surface area contributed by atoms with Crippen molar-refractivity contribution < 1.29 is 30.3 Å². The second-order valence-electron chi connectivity index (χ2n) is 4.62. The van der Waals surface area contributed by atoms with Crippen LogP contribution in [0.25, 0.3) is 0 Å². The van der Waals surface area contributed by atoms with Gasteiger partial charge in [0.15, 0.2) is 6.10 Å². The molecule has 0 fully saturated rings. The van der Waals surface area contributed by atoms with Crippen LogP contribution in [0.15, 0.2) is 0 Å². The Hall–Kier alpha value is -0.770. The van der Waals surface area contributed by atoms with E-state index in [2.05, 4.69) is 5.32 Å². The normalized spacial score (nSPS) is 17.9. The molecule has 4 atom stereocenters. The van der Waals surface area contributed by atoms with Gasteiger partial charge in [0, 0.05) is 6.54 Å². The average Bonchev–Trinajstić information content (AvgIpc) is 2.39. The number of carbonyl (C=O) groups excluding carboxylic acids is 1. The lowest BCUT2D eigenvalue weighted by Gasteiger charge is -2.25. The molecule has 8 heteroatoms. The maximum Gasteiger partial charge on any atom is 0.251 e. The fourth-order valence-corrected chi connectivity index (χ4v) is 1.39. The quantitative estimate of drug-likeness (QED) is 0.241. The highest BCUT2D eigenvalue weighted by Crippen LogP contribution is 2.05. The van der Waals surface area contributed by atoms with E-state index in [9.17, 15) is 20.1 Å².